The normalized spacial score (nSPS) is 22.8. The Labute approximate surface area is 93.6 Å². The number of thiocarbonyl (C=S) groups is 1. The molecule has 0 bridgehead atoms. The Morgan fingerprint density at radius 2 is 2.07 bits per heavy atom. The third-order valence-corrected chi connectivity index (χ3v) is 4.39. The minimum atomic E-state index is -3.47. The Morgan fingerprint density at radius 1 is 1.47 bits per heavy atom. The summed E-state index contributed by atoms with van der Waals surface area (Å²) in [6.45, 7) is 0.443. The zero-order valence-corrected chi connectivity index (χ0v) is 9.68. The van der Waals surface area contributed by atoms with Crippen LogP contribution in [0.5, 0.6) is 0 Å². The van der Waals surface area contributed by atoms with Crippen LogP contribution in [0.4, 0.5) is 0 Å². The fraction of sp³-hybridized carbons (Fsp3) is 0.714. The molecule has 1 rings (SSSR count). The van der Waals surface area contributed by atoms with Gasteiger partial charge in [-0.2, -0.15) is 0 Å². The van der Waals surface area contributed by atoms with E-state index in [1.165, 1.54) is 4.31 Å². The summed E-state index contributed by atoms with van der Waals surface area (Å²) in [6.07, 6.45) is 0.464. The van der Waals surface area contributed by atoms with E-state index in [4.69, 9.17) is 11.5 Å². The molecule has 15 heavy (non-hydrogen) atoms. The van der Waals surface area contributed by atoms with Crippen molar-refractivity contribution in [3.63, 3.8) is 0 Å². The molecule has 0 aromatic carbocycles. The summed E-state index contributed by atoms with van der Waals surface area (Å²) in [5, 5.41) is 0. The van der Waals surface area contributed by atoms with Crippen LogP contribution in [0.25, 0.3) is 0 Å². The molecule has 0 radical (unpaired) electrons. The van der Waals surface area contributed by atoms with Crippen molar-refractivity contribution in [3.05, 3.63) is 0 Å². The Hall–Kier alpha value is -0.730. The molecule has 1 amide bonds. The van der Waals surface area contributed by atoms with E-state index in [0.717, 1.165) is 0 Å². The molecule has 1 aliphatic heterocycles. The molecule has 4 N–H and O–H groups in total. The molecule has 0 aromatic heterocycles. The summed E-state index contributed by atoms with van der Waals surface area (Å²) < 4.78 is 24.4. The highest BCUT2D eigenvalue weighted by Gasteiger charge is 2.33. The number of nitrogens with two attached hydrogens (primary N) is 2. The Balaban J connectivity index is 2.68. The van der Waals surface area contributed by atoms with Crippen LogP contribution in [0.1, 0.15) is 6.42 Å². The second-order valence-corrected chi connectivity index (χ2v) is 5.96. The summed E-state index contributed by atoms with van der Waals surface area (Å²) in [5.74, 6) is -1.22. The van der Waals surface area contributed by atoms with Gasteiger partial charge in [0.15, 0.2) is 0 Å². The van der Waals surface area contributed by atoms with Crippen molar-refractivity contribution < 1.29 is 13.2 Å². The van der Waals surface area contributed by atoms with E-state index < -0.39 is 21.8 Å². The molecule has 1 heterocycles. The van der Waals surface area contributed by atoms with Crippen molar-refractivity contribution in [3.8, 4) is 0 Å². The van der Waals surface area contributed by atoms with Crippen molar-refractivity contribution in [2.75, 3.05) is 18.8 Å². The monoisotopic (exact) mass is 251 g/mol. The van der Waals surface area contributed by atoms with Gasteiger partial charge in [-0.25, -0.2) is 12.7 Å². The van der Waals surface area contributed by atoms with Gasteiger partial charge in [0, 0.05) is 13.1 Å². The molecule has 1 unspecified atom stereocenters. The van der Waals surface area contributed by atoms with Crippen LogP contribution in [0.15, 0.2) is 0 Å². The van der Waals surface area contributed by atoms with Crippen LogP contribution in [-0.4, -0.2) is 42.5 Å². The molecule has 1 atom stereocenters. The lowest BCUT2D eigenvalue weighted by molar-refractivity contribution is -0.121. The molecule has 6 nitrogen and oxygen atoms in total. The number of hydrogen-bond acceptors (Lipinski definition) is 4. The smallest absolute Gasteiger partial charge is 0.221 e. The van der Waals surface area contributed by atoms with Crippen molar-refractivity contribution in [1.29, 1.82) is 0 Å². The lowest BCUT2D eigenvalue weighted by atomic mass is 10.1. The minimum Gasteiger partial charge on any atom is -0.392 e. The molecular formula is C7H13N3O3S2. The highest BCUT2D eigenvalue weighted by molar-refractivity contribution is 7.92. The van der Waals surface area contributed by atoms with Gasteiger partial charge in [0.05, 0.1) is 10.9 Å². The van der Waals surface area contributed by atoms with Gasteiger partial charge in [-0.15, -0.1) is 0 Å². The number of sulfonamides is 1. The first-order chi connectivity index (χ1) is 6.83. The van der Waals surface area contributed by atoms with Crippen LogP contribution in [0.3, 0.4) is 0 Å². The third kappa shape index (κ3) is 3.11. The molecule has 1 fully saturated rings. The maximum Gasteiger partial charge on any atom is 0.221 e. The van der Waals surface area contributed by atoms with Gasteiger partial charge in [-0.05, 0) is 6.42 Å². The predicted octanol–water partition coefficient (Wildman–Crippen LogP) is -1.59. The summed E-state index contributed by atoms with van der Waals surface area (Å²) in [7, 11) is -3.47. The zero-order chi connectivity index (χ0) is 11.6. The minimum absolute atomic E-state index is 0.0717. The van der Waals surface area contributed by atoms with E-state index >= 15 is 0 Å². The van der Waals surface area contributed by atoms with E-state index in [1.807, 2.05) is 0 Å². The Kier molecular flexibility index (Phi) is 3.63. The maximum atomic E-state index is 11.6. The van der Waals surface area contributed by atoms with E-state index in [2.05, 4.69) is 12.2 Å². The van der Waals surface area contributed by atoms with Gasteiger partial charge in [0.1, 0.15) is 5.75 Å². The molecule has 86 valence electrons. The number of carbonyl (C=O) groups excluding carboxylic acids is 1. The largest absolute Gasteiger partial charge is 0.392 e. The average Bonchev–Trinajstić information content (AvgIpc) is 2.48. The highest BCUT2D eigenvalue weighted by Crippen LogP contribution is 2.19. The van der Waals surface area contributed by atoms with Gasteiger partial charge in [-0.1, -0.05) is 12.2 Å². The number of primary amides is 1. The number of rotatable bonds is 4. The number of hydrogen-bond donors (Lipinski definition) is 2. The average molecular weight is 251 g/mol. The van der Waals surface area contributed by atoms with E-state index in [-0.39, 0.29) is 17.3 Å². The van der Waals surface area contributed by atoms with Crippen LogP contribution in [0.2, 0.25) is 0 Å². The maximum absolute atomic E-state index is 11.6. The van der Waals surface area contributed by atoms with E-state index in [1.54, 1.807) is 0 Å². The summed E-state index contributed by atoms with van der Waals surface area (Å²) in [4.78, 5) is 10.8. The van der Waals surface area contributed by atoms with Crippen LogP contribution in [-0.2, 0) is 14.8 Å². The first-order valence-electron chi connectivity index (χ1n) is 4.38. The fourth-order valence-corrected chi connectivity index (χ4v) is 3.26. The quantitative estimate of drug-likeness (QED) is 0.586. The Bertz CT molecular complexity index is 379. The second-order valence-electron chi connectivity index (χ2n) is 3.47. The van der Waals surface area contributed by atoms with Gasteiger partial charge in [0.2, 0.25) is 15.9 Å². The van der Waals surface area contributed by atoms with Gasteiger partial charge in [-0.3, -0.25) is 4.79 Å². The van der Waals surface area contributed by atoms with Crippen molar-refractivity contribution in [2.24, 2.45) is 17.4 Å². The lowest BCUT2D eigenvalue weighted by Gasteiger charge is -2.15. The number of nitrogens with zero attached hydrogens (tertiary/aromatic N) is 1. The number of carbonyl (C=O) groups is 1. The molecule has 8 heteroatoms. The molecule has 0 aromatic rings. The molecular weight excluding hydrogens is 238 g/mol. The highest BCUT2D eigenvalue weighted by atomic mass is 32.2. The van der Waals surface area contributed by atoms with Crippen LogP contribution in [0, 0.1) is 5.92 Å². The topological polar surface area (TPSA) is 106 Å². The number of amides is 1. The summed E-state index contributed by atoms with van der Waals surface area (Å²) >= 11 is 4.54. The molecule has 0 saturated carbocycles. The van der Waals surface area contributed by atoms with E-state index in [9.17, 15) is 13.2 Å². The zero-order valence-electron chi connectivity index (χ0n) is 8.05. The van der Waals surface area contributed by atoms with Crippen LogP contribution >= 0.6 is 12.2 Å². The van der Waals surface area contributed by atoms with Gasteiger partial charge >= 0.3 is 0 Å². The van der Waals surface area contributed by atoms with Crippen molar-refractivity contribution in [2.45, 2.75) is 6.42 Å². The van der Waals surface area contributed by atoms with Crippen molar-refractivity contribution in [1.82, 2.24) is 4.31 Å². The first-order valence-corrected chi connectivity index (χ1v) is 6.40. The van der Waals surface area contributed by atoms with Gasteiger partial charge in [0.25, 0.3) is 0 Å². The second kappa shape index (κ2) is 4.42. The standard InChI is InChI=1S/C7H13N3O3S2/c8-6(14)4-15(12,13)10-2-1-5(3-10)7(9)11/h5H,1-4H2,(H2,8,14)(H2,9,11). The Morgan fingerprint density at radius 3 is 2.47 bits per heavy atom. The summed E-state index contributed by atoms with van der Waals surface area (Å²) in [5.41, 5.74) is 10.3. The predicted molar refractivity (Wildman–Crippen MR) is 59.4 cm³/mol. The molecule has 0 spiro atoms. The SMILES string of the molecule is NC(=O)C1CCN(S(=O)(=O)CC(N)=S)C1. The lowest BCUT2D eigenvalue weighted by Crippen LogP contribution is -2.36. The molecule has 1 saturated heterocycles. The van der Waals surface area contributed by atoms with Gasteiger partial charge < -0.3 is 11.5 Å². The molecule has 1 aliphatic rings. The summed E-state index contributed by atoms with van der Waals surface area (Å²) in [6, 6.07) is 0. The van der Waals surface area contributed by atoms with E-state index in [0.29, 0.717) is 13.0 Å². The van der Waals surface area contributed by atoms with Crippen molar-refractivity contribution >= 4 is 33.1 Å². The molecule has 0 aliphatic carbocycles. The third-order valence-electron chi connectivity index (χ3n) is 2.27. The first kappa shape index (κ1) is 12.3. The van der Waals surface area contributed by atoms with Crippen LogP contribution < -0.4 is 11.5 Å². The fourth-order valence-electron chi connectivity index (χ4n) is 1.48.